The number of anilines is 1. The van der Waals surface area contributed by atoms with E-state index < -0.39 is 6.04 Å². The van der Waals surface area contributed by atoms with E-state index in [1.54, 1.807) is 23.8 Å². The molecule has 0 bridgehead atoms. The zero-order valence-electron chi connectivity index (χ0n) is 16.1. The Morgan fingerprint density at radius 3 is 2.82 bits per heavy atom. The Morgan fingerprint density at radius 1 is 1.29 bits per heavy atom. The number of ether oxygens (including phenoxy) is 1. The highest BCUT2D eigenvalue weighted by molar-refractivity contribution is 8.01. The number of nitrogens with one attached hydrogen (secondary N) is 1. The molecular formula is C22H24N2O3S. The normalized spacial score (nSPS) is 23.6. The highest BCUT2D eigenvalue weighted by atomic mass is 32.2. The van der Waals surface area contributed by atoms with Crippen LogP contribution < -0.4 is 10.1 Å². The first kappa shape index (κ1) is 18.9. The van der Waals surface area contributed by atoms with Crippen molar-refractivity contribution in [1.82, 2.24) is 4.90 Å². The molecule has 5 nitrogen and oxygen atoms in total. The second-order valence-electron chi connectivity index (χ2n) is 7.44. The van der Waals surface area contributed by atoms with Gasteiger partial charge in [0.2, 0.25) is 11.8 Å². The smallest absolute Gasteiger partial charge is 0.248 e. The van der Waals surface area contributed by atoms with Crippen molar-refractivity contribution in [2.45, 2.75) is 37.1 Å². The number of amides is 2. The molecule has 0 radical (unpaired) electrons. The number of hydrogen-bond donors (Lipinski definition) is 1. The van der Waals surface area contributed by atoms with Crippen LogP contribution in [0.15, 0.2) is 48.5 Å². The minimum atomic E-state index is -0.412. The highest BCUT2D eigenvalue weighted by Gasteiger charge is 2.52. The maximum absolute atomic E-state index is 12.9. The largest absolute Gasteiger partial charge is 0.496 e. The van der Waals surface area contributed by atoms with E-state index in [4.69, 9.17) is 4.74 Å². The lowest BCUT2D eigenvalue weighted by atomic mass is 10.0. The van der Waals surface area contributed by atoms with E-state index in [-0.39, 0.29) is 16.7 Å². The molecule has 6 heteroatoms. The number of benzene rings is 2. The Labute approximate surface area is 169 Å². The van der Waals surface area contributed by atoms with Crippen LogP contribution in [0.4, 0.5) is 5.69 Å². The Hall–Kier alpha value is -2.47. The monoisotopic (exact) mass is 396 g/mol. The quantitative estimate of drug-likeness (QED) is 0.838. The van der Waals surface area contributed by atoms with Crippen molar-refractivity contribution in [2.24, 2.45) is 0 Å². The molecule has 1 N–H and O–H groups in total. The minimum absolute atomic E-state index is 0.0761. The lowest BCUT2D eigenvalue weighted by Crippen LogP contribution is -2.48. The van der Waals surface area contributed by atoms with Crippen LogP contribution in [-0.2, 0) is 16.0 Å². The number of rotatable bonds is 5. The summed E-state index contributed by atoms with van der Waals surface area (Å²) in [4.78, 5) is 26.7. The lowest BCUT2D eigenvalue weighted by molar-refractivity contribution is -0.135. The van der Waals surface area contributed by atoms with E-state index in [9.17, 15) is 9.59 Å². The first-order chi connectivity index (χ1) is 13.5. The van der Waals surface area contributed by atoms with Crippen LogP contribution in [0, 0.1) is 0 Å². The average molecular weight is 397 g/mol. The molecule has 0 saturated carbocycles. The summed E-state index contributed by atoms with van der Waals surface area (Å²) >= 11 is 1.70. The lowest BCUT2D eigenvalue weighted by Gasteiger charge is -2.29. The number of fused-ring (bicyclic) bond motifs is 1. The van der Waals surface area contributed by atoms with E-state index in [2.05, 4.69) is 24.4 Å². The molecule has 4 rings (SSSR count). The van der Waals surface area contributed by atoms with Crippen molar-refractivity contribution in [1.29, 1.82) is 0 Å². The van der Waals surface area contributed by atoms with Crippen LogP contribution in [-0.4, -0.2) is 40.5 Å². The first-order valence-electron chi connectivity index (χ1n) is 9.48. The van der Waals surface area contributed by atoms with Gasteiger partial charge in [-0.3, -0.25) is 9.59 Å². The predicted octanol–water partition coefficient (Wildman–Crippen LogP) is 3.68. The third kappa shape index (κ3) is 3.49. The van der Waals surface area contributed by atoms with Crippen molar-refractivity contribution in [3.05, 3.63) is 59.7 Å². The molecule has 2 aliphatic heterocycles. The van der Waals surface area contributed by atoms with Gasteiger partial charge in [0.05, 0.1) is 12.0 Å². The third-order valence-corrected chi connectivity index (χ3v) is 7.04. The molecule has 2 aromatic rings. The van der Waals surface area contributed by atoms with E-state index in [1.807, 2.05) is 36.4 Å². The van der Waals surface area contributed by atoms with E-state index in [0.717, 1.165) is 29.8 Å². The van der Waals surface area contributed by atoms with Gasteiger partial charge in [0.25, 0.3) is 0 Å². The summed E-state index contributed by atoms with van der Waals surface area (Å²) in [5.74, 6) is 1.39. The molecule has 2 atom stereocenters. The van der Waals surface area contributed by atoms with E-state index in [1.165, 1.54) is 5.56 Å². The molecule has 28 heavy (non-hydrogen) atoms. The predicted molar refractivity (Wildman–Crippen MR) is 112 cm³/mol. The molecule has 2 heterocycles. The van der Waals surface area contributed by atoms with Crippen molar-refractivity contribution >= 4 is 29.3 Å². The zero-order valence-corrected chi connectivity index (χ0v) is 16.9. The van der Waals surface area contributed by atoms with Gasteiger partial charge in [-0.2, -0.15) is 0 Å². The molecule has 2 aromatic carbocycles. The van der Waals surface area contributed by atoms with Gasteiger partial charge in [0, 0.05) is 29.8 Å². The molecule has 2 amide bonds. The number of carbonyl (C=O) groups is 2. The fraction of sp³-hybridized carbons (Fsp3) is 0.364. The Morgan fingerprint density at radius 2 is 2.07 bits per heavy atom. The van der Waals surface area contributed by atoms with Gasteiger partial charge in [-0.25, -0.2) is 0 Å². The molecule has 2 fully saturated rings. The molecule has 0 aromatic heterocycles. The van der Waals surface area contributed by atoms with Gasteiger partial charge in [-0.1, -0.05) is 30.3 Å². The van der Waals surface area contributed by atoms with Crippen molar-refractivity contribution in [2.75, 3.05) is 18.2 Å². The van der Waals surface area contributed by atoms with E-state index in [0.29, 0.717) is 12.2 Å². The molecule has 2 unspecified atom stereocenters. The number of hydrogen-bond acceptors (Lipinski definition) is 4. The van der Waals surface area contributed by atoms with Gasteiger partial charge in [0.1, 0.15) is 11.8 Å². The maximum Gasteiger partial charge on any atom is 0.248 e. The summed E-state index contributed by atoms with van der Waals surface area (Å²) in [6.45, 7) is 2.06. The van der Waals surface area contributed by atoms with E-state index >= 15 is 0 Å². The van der Waals surface area contributed by atoms with Gasteiger partial charge in [0.15, 0.2) is 0 Å². The second-order valence-corrected chi connectivity index (χ2v) is 8.95. The van der Waals surface area contributed by atoms with Crippen LogP contribution in [0.3, 0.4) is 0 Å². The summed E-state index contributed by atoms with van der Waals surface area (Å²) in [6, 6.07) is 15.4. The van der Waals surface area contributed by atoms with Crippen molar-refractivity contribution in [3.8, 4) is 5.75 Å². The number of thioether (sulfide) groups is 1. The fourth-order valence-electron chi connectivity index (χ4n) is 4.05. The standard InChI is InChI=1S/C22H24N2O3S/c1-22-11-10-20(25)24(22)18(14-28-22)21(26)23-17-8-9-19(27-2)16(13-17)12-15-6-4-3-5-7-15/h3-9,13,18H,10-12,14H2,1-2H3,(H,23,26). The summed E-state index contributed by atoms with van der Waals surface area (Å²) in [5, 5.41) is 3.01. The van der Waals surface area contributed by atoms with Crippen LogP contribution in [0.25, 0.3) is 0 Å². The number of methoxy groups -OCH3 is 1. The highest BCUT2D eigenvalue weighted by Crippen LogP contribution is 2.47. The van der Waals surface area contributed by atoms with Crippen LogP contribution in [0.1, 0.15) is 30.9 Å². The SMILES string of the molecule is COc1ccc(NC(=O)C2CSC3(C)CCC(=O)N23)cc1Cc1ccccc1. The summed E-state index contributed by atoms with van der Waals surface area (Å²) in [7, 11) is 1.65. The van der Waals surface area contributed by atoms with Crippen molar-refractivity contribution in [3.63, 3.8) is 0 Å². The van der Waals surface area contributed by atoms with Gasteiger partial charge in [-0.15, -0.1) is 11.8 Å². The Bertz CT molecular complexity index is 902. The summed E-state index contributed by atoms with van der Waals surface area (Å²) in [5.41, 5.74) is 2.91. The van der Waals surface area contributed by atoms with Gasteiger partial charge < -0.3 is 15.0 Å². The summed E-state index contributed by atoms with van der Waals surface area (Å²) < 4.78 is 5.49. The molecule has 0 aliphatic carbocycles. The molecule has 2 aliphatic rings. The Kier molecular flexibility index (Phi) is 5.06. The van der Waals surface area contributed by atoms with Crippen LogP contribution >= 0.6 is 11.8 Å². The molecule has 2 saturated heterocycles. The fourth-order valence-corrected chi connectivity index (χ4v) is 5.48. The molecule has 146 valence electrons. The van der Waals surface area contributed by atoms with Crippen LogP contribution in [0.2, 0.25) is 0 Å². The van der Waals surface area contributed by atoms with Crippen molar-refractivity contribution < 1.29 is 14.3 Å². The van der Waals surface area contributed by atoms with Crippen LogP contribution in [0.5, 0.6) is 5.75 Å². The average Bonchev–Trinajstić information content (AvgIpc) is 3.19. The summed E-state index contributed by atoms with van der Waals surface area (Å²) in [6.07, 6.45) is 2.05. The molecule has 0 spiro atoms. The second kappa shape index (κ2) is 7.51. The van der Waals surface area contributed by atoms with Gasteiger partial charge in [-0.05, 0) is 37.1 Å². The third-order valence-electron chi connectivity index (χ3n) is 5.53. The minimum Gasteiger partial charge on any atom is -0.496 e. The number of nitrogens with zero attached hydrogens (tertiary/aromatic N) is 1. The topological polar surface area (TPSA) is 58.6 Å². The number of carbonyl (C=O) groups excluding carboxylic acids is 2. The molecular weight excluding hydrogens is 372 g/mol. The Balaban J connectivity index is 1.52. The zero-order chi connectivity index (χ0) is 19.7. The van der Waals surface area contributed by atoms with Gasteiger partial charge >= 0.3 is 0 Å². The first-order valence-corrected chi connectivity index (χ1v) is 10.5. The maximum atomic E-state index is 12.9.